The Morgan fingerprint density at radius 2 is 1.87 bits per heavy atom. The second kappa shape index (κ2) is 8.77. The fourth-order valence-electron chi connectivity index (χ4n) is 3.72. The highest BCUT2D eigenvalue weighted by atomic mass is 16.5. The van der Waals surface area contributed by atoms with Gasteiger partial charge in [0.1, 0.15) is 11.5 Å². The summed E-state index contributed by atoms with van der Waals surface area (Å²) in [5.74, 6) is 0.249. The van der Waals surface area contributed by atoms with Crippen LogP contribution in [0.25, 0.3) is 0 Å². The lowest BCUT2D eigenvalue weighted by Gasteiger charge is -2.32. The summed E-state index contributed by atoms with van der Waals surface area (Å²) in [5, 5.41) is 17.4. The van der Waals surface area contributed by atoms with E-state index in [9.17, 15) is 9.90 Å². The Balaban J connectivity index is 1.61. The maximum Gasteiger partial charge on any atom is 0.362 e. The molecule has 0 saturated carbocycles. The molecule has 0 fully saturated rings. The lowest BCUT2D eigenvalue weighted by atomic mass is 9.98. The molecule has 8 nitrogen and oxygen atoms in total. The minimum absolute atomic E-state index is 0.111. The SMILES string of the molecule is COc1ccc(Cn2nnc(C(=O)O)c2Oc2ccc3c(c2)CN(C(C)C)CC3)cc1. The number of methoxy groups -OCH3 is 1. The van der Waals surface area contributed by atoms with Crippen molar-refractivity contribution in [1.82, 2.24) is 19.9 Å². The number of nitrogens with zero attached hydrogens (tertiary/aromatic N) is 4. The van der Waals surface area contributed by atoms with Gasteiger partial charge >= 0.3 is 5.97 Å². The van der Waals surface area contributed by atoms with Crippen LogP contribution in [0.1, 0.15) is 41.0 Å². The zero-order valence-electron chi connectivity index (χ0n) is 17.9. The summed E-state index contributed by atoms with van der Waals surface area (Å²) in [6.07, 6.45) is 0.991. The van der Waals surface area contributed by atoms with Crippen molar-refractivity contribution in [3.63, 3.8) is 0 Å². The number of aromatic nitrogens is 3. The van der Waals surface area contributed by atoms with Crippen molar-refractivity contribution in [2.24, 2.45) is 0 Å². The van der Waals surface area contributed by atoms with Gasteiger partial charge in [-0.2, -0.15) is 0 Å². The smallest absolute Gasteiger partial charge is 0.362 e. The van der Waals surface area contributed by atoms with Gasteiger partial charge in [-0.15, -0.1) is 5.10 Å². The molecule has 1 N–H and O–H groups in total. The molecule has 0 unspecified atom stereocenters. The fraction of sp³-hybridized carbons (Fsp3) is 0.348. The molecule has 4 rings (SSSR count). The molecule has 0 atom stereocenters. The van der Waals surface area contributed by atoms with Crippen molar-refractivity contribution in [1.29, 1.82) is 0 Å². The van der Waals surface area contributed by atoms with E-state index in [1.54, 1.807) is 7.11 Å². The lowest BCUT2D eigenvalue weighted by molar-refractivity contribution is 0.0687. The van der Waals surface area contributed by atoms with E-state index >= 15 is 0 Å². The van der Waals surface area contributed by atoms with Crippen molar-refractivity contribution in [2.75, 3.05) is 13.7 Å². The molecule has 3 aromatic rings. The summed E-state index contributed by atoms with van der Waals surface area (Å²) in [4.78, 5) is 14.1. The van der Waals surface area contributed by atoms with E-state index in [4.69, 9.17) is 9.47 Å². The summed E-state index contributed by atoms with van der Waals surface area (Å²) in [6, 6.07) is 13.9. The second-order valence-corrected chi connectivity index (χ2v) is 7.90. The number of hydrogen-bond acceptors (Lipinski definition) is 6. The van der Waals surface area contributed by atoms with Crippen molar-refractivity contribution in [2.45, 2.75) is 39.4 Å². The molecule has 162 valence electrons. The second-order valence-electron chi connectivity index (χ2n) is 7.90. The van der Waals surface area contributed by atoms with Gasteiger partial charge in [0.2, 0.25) is 5.69 Å². The minimum Gasteiger partial charge on any atom is -0.497 e. The number of aromatic carboxylic acids is 1. The molecular weight excluding hydrogens is 396 g/mol. The van der Waals surface area contributed by atoms with E-state index in [1.807, 2.05) is 36.4 Å². The largest absolute Gasteiger partial charge is 0.497 e. The first-order chi connectivity index (χ1) is 14.9. The third-order valence-electron chi connectivity index (χ3n) is 5.55. The molecule has 0 radical (unpaired) electrons. The van der Waals surface area contributed by atoms with E-state index in [0.717, 1.165) is 30.8 Å². The first-order valence-electron chi connectivity index (χ1n) is 10.3. The van der Waals surface area contributed by atoms with Gasteiger partial charge in [0, 0.05) is 19.1 Å². The molecule has 31 heavy (non-hydrogen) atoms. The van der Waals surface area contributed by atoms with E-state index in [-0.39, 0.29) is 11.6 Å². The quantitative estimate of drug-likeness (QED) is 0.622. The average Bonchev–Trinajstić information content (AvgIpc) is 3.16. The number of benzene rings is 2. The maximum atomic E-state index is 11.7. The molecule has 0 amide bonds. The van der Waals surface area contributed by atoms with Crippen LogP contribution < -0.4 is 9.47 Å². The number of carbonyl (C=O) groups is 1. The van der Waals surface area contributed by atoms with Crippen molar-refractivity contribution < 1.29 is 19.4 Å². The van der Waals surface area contributed by atoms with Crippen molar-refractivity contribution in [3.05, 3.63) is 64.8 Å². The lowest BCUT2D eigenvalue weighted by Crippen LogP contribution is -2.35. The standard InChI is InChI=1S/C23H26N4O4/c1-15(2)26-11-10-17-6-9-20(12-18(17)14-26)31-22-21(23(28)29)24-25-27(22)13-16-4-7-19(30-3)8-5-16/h4-9,12,15H,10-11,13-14H2,1-3H3,(H,28,29). The van der Waals surface area contributed by atoms with Gasteiger partial charge < -0.3 is 14.6 Å². The molecule has 2 aromatic carbocycles. The maximum absolute atomic E-state index is 11.7. The molecule has 0 saturated heterocycles. The number of hydrogen-bond donors (Lipinski definition) is 1. The van der Waals surface area contributed by atoms with Gasteiger partial charge in [-0.25, -0.2) is 9.48 Å². The van der Waals surface area contributed by atoms with Crippen molar-refractivity contribution >= 4 is 5.97 Å². The normalized spacial score (nSPS) is 13.8. The van der Waals surface area contributed by atoms with Crippen molar-refractivity contribution in [3.8, 4) is 17.4 Å². The van der Waals surface area contributed by atoms with E-state index in [1.165, 1.54) is 15.8 Å². The van der Waals surface area contributed by atoms with E-state index in [2.05, 4.69) is 35.1 Å². The number of ether oxygens (including phenoxy) is 2. The third-order valence-corrected chi connectivity index (χ3v) is 5.55. The Morgan fingerprint density at radius 1 is 1.13 bits per heavy atom. The third kappa shape index (κ3) is 4.54. The fourth-order valence-corrected chi connectivity index (χ4v) is 3.72. The van der Waals surface area contributed by atoms with Crippen LogP contribution in [0.5, 0.6) is 17.4 Å². The molecule has 8 heteroatoms. The zero-order valence-corrected chi connectivity index (χ0v) is 17.9. The van der Waals surface area contributed by atoms with Crippen LogP contribution in [0, 0.1) is 0 Å². The summed E-state index contributed by atoms with van der Waals surface area (Å²) < 4.78 is 12.7. The Kier molecular flexibility index (Phi) is 5.90. The number of fused-ring (bicyclic) bond motifs is 1. The van der Waals surface area contributed by atoms with E-state index in [0.29, 0.717) is 18.3 Å². The Labute approximate surface area is 181 Å². The van der Waals surface area contributed by atoms with Crippen LogP contribution in [-0.4, -0.2) is 50.7 Å². The van der Waals surface area contributed by atoms with Crippen LogP contribution in [0.15, 0.2) is 42.5 Å². The highest BCUT2D eigenvalue weighted by molar-refractivity contribution is 5.87. The first-order valence-corrected chi connectivity index (χ1v) is 10.3. The minimum atomic E-state index is -1.18. The molecule has 0 aliphatic carbocycles. The van der Waals surface area contributed by atoms with Gasteiger partial charge in [-0.3, -0.25) is 4.90 Å². The van der Waals surface area contributed by atoms with Crippen LogP contribution in [0.3, 0.4) is 0 Å². The van der Waals surface area contributed by atoms with Gasteiger partial charge in [0.05, 0.1) is 13.7 Å². The number of rotatable bonds is 7. The average molecular weight is 422 g/mol. The topological polar surface area (TPSA) is 89.7 Å². The summed E-state index contributed by atoms with van der Waals surface area (Å²) in [7, 11) is 1.61. The zero-order chi connectivity index (χ0) is 22.0. The summed E-state index contributed by atoms with van der Waals surface area (Å²) in [5.41, 5.74) is 3.21. The summed E-state index contributed by atoms with van der Waals surface area (Å²) in [6.45, 7) is 6.58. The van der Waals surface area contributed by atoms with Crippen LogP contribution in [-0.2, 0) is 19.5 Å². The molecule has 1 aliphatic heterocycles. The predicted molar refractivity (Wildman–Crippen MR) is 115 cm³/mol. The summed E-state index contributed by atoms with van der Waals surface area (Å²) >= 11 is 0. The van der Waals surface area contributed by atoms with Gasteiger partial charge in [-0.05, 0) is 61.2 Å². The van der Waals surface area contributed by atoms with Gasteiger partial charge in [0.25, 0.3) is 5.88 Å². The molecule has 1 aliphatic rings. The predicted octanol–water partition coefficient (Wildman–Crippen LogP) is 3.59. The molecule has 2 heterocycles. The van der Waals surface area contributed by atoms with Gasteiger partial charge in [0.15, 0.2) is 0 Å². The monoisotopic (exact) mass is 422 g/mol. The highest BCUT2D eigenvalue weighted by Crippen LogP contribution is 2.30. The van der Waals surface area contributed by atoms with Crippen LogP contribution in [0.2, 0.25) is 0 Å². The highest BCUT2D eigenvalue weighted by Gasteiger charge is 2.23. The molecular formula is C23H26N4O4. The molecule has 0 bridgehead atoms. The van der Waals surface area contributed by atoms with E-state index < -0.39 is 5.97 Å². The first kappa shape index (κ1) is 20.9. The Morgan fingerprint density at radius 3 is 2.55 bits per heavy atom. The Bertz CT molecular complexity index is 1080. The number of carboxylic acid groups (broad SMARTS) is 1. The Hall–Kier alpha value is -3.39. The molecule has 0 spiro atoms. The van der Waals surface area contributed by atoms with Gasteiger partial charge in [-0.1, -0.05) is 23.4 Å². The van der Waals surface area contributed by atoms with Crippen LogP contribution >= 0.6 is 0 Å². The number of carboxylic acids is 1. The molecule has 1 aromatic heterocycles. The van der Waals surface area contributed by atoms with Crippen LogP contribution in [0.4, 0.5) is 0 Å².